The first-order chi connectivity index (χ1) is 13.2. The van der Waals surface area contributed by atoms with Gasteiger partial charge in [-0.1, -0.05) is 56.5 Å². The van der Waals surface area contributed by atoms with Gasteiger partial charge in [-0.15, -0.1) is 0 Å². The van der Waals surface area contributed by atoms with Crippen LogP contribution in [0, 0.1) is 14.9 Å². The van der Waals surface area contributed by atoms with Crippen LogP contribution < -0.4 is 10.1 Å². The van der Waals surface area contributed by atoms with Gasteiger partial charge in [-0.25, -0.2) is 0 Å². The SMILES string of the molecule is CCCCCCOc1ccccc1C=C(C#N)C(=O)Nc1ccccc1I. The number of nitrogens with one attached hydrogen (secondary N) is 1. The molecule has 0 radical (unpaired) electrons. The van der Waals surface area contributed by atoms with Crippen molar-refractivity contribution >= 4 is 40.3 Å². The molecular weight excluding hydrogens is 451 g/mol. The topological polar surface area (TPSA) is 62.1 Å². The summed E-state index contributed by atoms with van der Waals surface area (Å²) >= 11 is 2.15. The fourth-order valence-electron chi connectivity index (χ4n) is 2.50. The number of anilines is 1. The zero-order valence-electron chi connectivity index (χ0n) is 15.4. The first-order valence-corrected chi connectivity index (χ1v) is 10.1. The number of ether oxygens (including phenoxy) is 1. The van der Waals surface area contributed by atoms with E-state index in [0.717, 1.165) is 22.0 Å². The molecule has 4 nitrogen and oxygen atoms in total. The van der Waals surface area contributed by atoms with Crippen molar-refractivity contribution in [2.45, 2.75) is 32.6 Å². The van der Waals surface area contributed by atoms with Crippen molar-refractivity contribution < 1.29 is 9.53 Å². The summed E-state index contributed by atoms with van der Waals surface area (Å²) in [7, 11) is 0. The molecule has 0 atom stereocenters. The fraction of sp³-hybridized carbons (Fsp3) is 0.273. The molecular formula is C22H23IN2O2. The Hall–Kier alpha value is -2.33. The van der Waals surface area contributed by atoms with E-state index in [-0.39, 0.29) is 5.57 Å². The molecule has 0 aromatic heterocycles. The van der Waals surface area contributed by atoms with Crippen LogP contribution in [0.1, 0.15) is 38.2 Å². The van der Waals surface area contributed by atoms with E-state index in [2.05, 4.69) is 34.8 Å². The van der Waals surface area contributed by atoms with Crippen LogP contribution in [0.5, 0.6) is 5.75 Å². The normalized spacial score (nSPS) is 10.9. The monoisotopic (exact) mass is 474 g/mol. The van der Waals surface area contributed by atoms with Crippen LogP contribution in [-0.2, 0) is 4.79 Å². The highest BCUT2D eigenvalue weighted by Gasteiger charge is 2.12. The zero-order valence-corrected chi connectivity index (χ0v) is 17.5. The highest BCUT2D eigenvalue weighted by atomic mass is 127. The maximum atomic E-state index is 12.5. The van der Waals surface area contributed by atoms with Crippen molar-refractivity contribution in [1.29, 1.82) is 5.26 Å². The third-order valence-corrected chi connectivity index (χ3v) is 4.90. The predicted octanol–water partition coefficient (Wildman–Crippen LogP) is 5.80. The van der Waals surface area contributed by atoms with E-state index < -0.39 is 5.91 Å². The second-order valence-electron chi connectivity index (χ2n) is 6.05. The van der Waals surface area contributed by atoms with Crippen LogP contribution in [0.25, 0.3) is 6.08 Å². The third kappa shape index (κ3) is 6.72. The van der Waals surface area contributed by atoms with E-state index in [1.54, 1.807) is 6.08 Å². The van der Waals surface area contributed by atoms with Crippen LogP contribution in [-0.4, -0.2) is 12.5 Å². The Labute approximate surface area is 174 Å². The third-order valence-electron chi connectivity index (χ3n) is 3.96. The van der Waals surface area contributed by atoms with Crippen molar-refractivity contribution in [3.8, 4) is 11.8 Å². The van der Waals surface area contributed by atoms with Gasteiger partial charge in [-0.05, 0) is 53.3 Å². The minimum absolute atomic E-state index is 0.0386. The van der Waals surface area contributed by atoms with Crippen LogP contribution in [0.2, 0.25) is 0 Å². The van der Waals surface area contributed by atoms with Gasteiger partial charge in [0.1, 0.15) is 17.4 Å². The summed E-state index contributed by atoms with van der Waals surface area (Å²) in [4.78, 5) is 12.5. The lowest BCUT2D eigenvalue weighted by atomic mass is 10.1. The molecule has 1 amide bonds. The Bertz CT molecular complexity index is 840. The summed E-state index contributed by atoms with van der Waals surface area (Å²) in [5, 5.41) is 12.2. The number of hydrogen-bond acceptors (Lipinski definition) is 3. The Kier molecular flexibility index (Phi) is 8.85. The number of unbranched alkanes of at least 4 members (excludes halogenated alkanes) is 3. The van der Waals surface area contributed by atoms with Gasteiger partial charge < -0.3 is 10.1 Å². The maximum Gasteiger partial charge on any atom is 0.266 e. The van der Waals surface area contributed by atoms with Gasteiger partial charge in [0, 0.05) is 9.13 Å². The lowest BCUT2D eigenvalue weighted by Gasteiger charge is -2.10. The Balaban J connectivity index is 2.11. The average Bonchev–Trinajstić information content (AvgIpc) is 2.68. The van der Waals surface area contributed by atoms with Crippen molar-refractivity contribution in [2.75, 3.05) is 11.9 Å². The highest BCUT2D eigenvalue weighted by Crippen LogP contribution is 2.23. The molecule has 0 bridgehead atoms. The number of nitrogens with zero attached hydrogens (tertiary/aromatic N) is 1. The first-order valence-electron chi connectivity index (χ1n) is 9.05. The van der Waals surface area contributed by atoms with E-state index >= 15 is 0 Å². The van der Waals surface area contributed by atoms with Gasteiger partial charge in [-0.3, -0.25) is 4.79 Å². The number of carbonyl (C=O) groups excluding carboxylic acids is 1. The number of rotatable bonds is 9. The molecule has 1 N–H and O–H groups in total. The lowest BCUT2D eigenvalue weighted by Crippen LogP contribution is -2.14. The second-order valence-corrected chi connectivity index (χ2v) is 7.21. The van der Waals surface area contributed by atoms with Crippen LogP contribution in [0.4, 0.5) is 5.69 Å². The van der Waals surface area contributed by atoms with Crippen molar-refractivity contribution in [1.82, 2.24) is 0 Å². The summed E-state index contributed by atoms with van der Waals surface area (Å²) in [6.07, 6.45) is 6.08. The number of benzene rings is 2. The molecule has 5 heteroatoms. The molecule has 2 rings (SSSR count). The van der Waals surface area contributed by atoms with Crippen LogP contribution in [0.3, 0.4) is 0 Å². The molecule has 0 aliphatic carbocycles. The molecule has 140 valence electrons. The smallest absolute Gasteiger partial charge is 0.266 e. The van der Waals surface area contributed by atoms with Gasteiger partial charge in [0.25, 0.3) is 5.91 Å². The van der Waals surface area contributed by atoms with Gasteiger partial charge in [0.05, 0.1) is 12.3 Å². The highest BCUT2D eigenvalue weighted by molar-refractivity contribution is 14.1. The summed E-state index contributed by atoms with van der Waals surface area (Å²) < 4.78 is 6.77. The minimum Gasteiger partial charge on any atom is -0.493 e. The zero-order chi connectivity index (χ0) is 19.5. The minimum atomic E-state index is -0.431. The quantitative estimate of drug-likeness (QED) is 0.216. The number of para-hydroxylation sites is 2. The first kappa shape index (κ1) is 21.0. The van der Waals surface area contributed by atoms with Gasteiger partial charge in [0.2, 0.25) is 0 Å². The Morgan fingerprint density at radius 2 is 1.89 bits per heavy atom. The molecule has 0 unspecified atom stereocenters. The summed E-state index contributed by atoms with van der Waals surface area (Å²) in [6.45, 7) is 2.80. The van der Waals surface area contributed by atoms with E-state index in [4.69, 9.17) is 4.74 Å². The number of amides is 1. The number of nitriles is 1. The van der Waals surface area contributed by atoms with Crippen molar-refractivity contribution in [2.24, 2.45) is 0 Å². The Morgan fingerprint density at radius 3 is 2.63 bits per heavy atom. The van der Waals surface area contributed by atoms with Crippen LogP contribution in [0.15, 0.2) is 54.1 Å². The van der Waals surface area contributed by atoms with Crippen molar-refractivity contribution in [3.05, 3.63) is 63.2 Å². The van der Waals surface area contributed by atoms with E-state index in [9.17, 15) is 10.1 Å². The van der Waals surface area contributed by atoms with E-state index in [1.165, 1.54) is 12.8 Å². The number of hydrogen-bond donors (Lipinski definition) is 1. The van der Waals surface area contributed by atoms with Crippen molar-refractivity contribution in [3.63, 3.8) is 0 Å². The number of halogens is 1. The molecule has 0 fully saturated rings. The largest absolute Gasteiger partial charge is 0.493 e. The lowest BCUT2D eigenvalue weighted by molar-refractivity contribution is -0.112. The molecule has 0 saturated heterocycles. The molecule has 0 aliphatic rings. The van der Waals surface area contributed by atoms with E-state index in [1.807, 2.05) is 54.6 Å². The maximum absolute atomic E-state index is 12.5. The van der Waals surface area contributed by atoms with Crippen LogP contribution >= 0.6 is 22.6 Å². The predicted molar refractivity (Wildman–Crippen MR) is 117 cm³/mol. The summed E-state index contributed by atoms with van der Waals surface area (Å²) in [5.74, 6) is 0.253. The Morgan fingerprint density at radius 1 is 1.15 bits per heavy atom. The standard InChI is InChI=1S/C22H23IN2O2/c1-2-3-4-9-14-27-21-13-8-5-10-17(21)15-18(16-24)22(26)25-20-12-7-6-11-19(20)23/h5-8,10-13,15H,2-4,9,14H2,1H3,(H,25,26). The van der Waals surface area contributed by atoms with Gasteiger partial charge >= 0.3 is 0 Å². The van der Waals surface area contributed by atoms with Gasteiger partial charge in [-0.2, -0.15) is 5.26 Å². The number of carbonyl (C=O) groups is 1. The molecule has 2 aromatic carbocycles. The molecule has 2 aromatic rings. The molecule has 0 saturated carbocycles. The summed E-state index contributed by atoms with van der Waals surface area (Å²) in [6, 6.07) is 16.9. The summed E-state index contributed by atoms with van der Waals surface area (Å²) in [5.41, 5.74) is 1.45. The molecule has 0 aliphatic heterocycles. The van der Waals surface area contributed by atoms with Gasteiger partial charge in [0.15, 0.2) is 0 Å². The average molecular weight is 474 g/mol. The molecule has 27 heavy (non-hydrogen) atoms. The second kappa shape index (κ2) is 11.4. The fourth-order valence-corrected chi connectivity index (χ4v) is 3.02. The molecule has 0 spiro atoms. The molecule has 0 heterocycles. The van der Waals surface area contributed by atoms with E-state index in [0.29, 0.717) is 18.0 Å².